The molecule has 96 valence electrons. The number of hydrogen-bond acceptors (Lipinski definition) is 5. The molecule has 17 heavy (non-hydrogen) atoms. The summed E-state index contributed by atoms with van der Waals surface area (Å²) >= 11 is 0. The molecule has 9 heteroatoms. The first-order valence-corrected chi connectivity index (χ1v) is 4.88. The van der Waals surface area contributed by atoms with E-state index in [4.69, 9.17) is 15.4 Å². The lowest BCUT2D eigenvalue weighted by Crippen LogP contribution is -2.27. The number of nitrogens with zero attached hydrogens (tertiary/aromatic N) is 3. The number of aliphatic carboxylic acids is 1. The molecule has 0 bridgehead atoms. The quantitative estimate of drug-likeness (QED) is 0.264. The summed E-state index contributed by atoms with van der Waals surface area (Å²) in [5, 5.41) is 13.9. The van der Waals surface area contributed by atoms with Gasteiger partial charge in [-0.05, 0) is 5.53 Å². The van der Waals surface area contributed by atoms with Gasteiger partial charge in [-0.1, -0.05) is 5.11 Å². The van der Waals surface area contributed by atoms with Crippen LogP contribution in [-0.2, 0) is 14.3 Å². The molecule has 1 amide bonds. The lowest BCUT2D eigenvalue weighted by Gasteiger charge is -2.05. The fraction of sp³-hybridized carbons (Fsp3) is 0.750. The van der Waals surface area contributed by atoms with Crippen molar-refractivity contribution in [3.63, 3.8) is 0 Å². The van der Waals surface area contributed by atoms with Crippen molar-refractivity contribution in [2.45, 2.75) is 6.42 Å². The van der Waals surface area contributed by atoms with Crippen molar-refractivity contribution in [1.82, 2.24) is 5.32 Å². The number of azide groups is 1. The first kappa shape index (κ1) is 15.0. The molecule has 0 saturated heterocycles. The second kappa shape index (κ2) is 10.5. The van der Waals surface area contributed by atoms with E-state index in [1.54, 1.807) is 0 Å². The van der Waals surface area contributed by atoms with Crippen LogP contribution in [0.15, 0.2) is 5.11 Å². The van der Waals surface area contributed by atoms with E-state index >= 15 is 0 Å². The van der Waals surface area contributed by atoms with Gasteiger partial charge in [0.1, 0.15) is 6.61 Å². The Morgan fingerprint density at radius 3 is 2.76 bits per heavy atom. The zero-order valence-corrected chi connectivity index (χ0v) is 9.16. The molecule has 9 nitrogen and oxygen atoms in total. The van der Waals surface area contributed by atoms with Crippen molar-refractivity contribution in [2.24, 2.45) is 5.11 Å². The number of hydrogen-bond donors (Lipinski definition) is 2. The zero-order valence-electron chi connectivity index (χ0n) is 9.16. The molecule has 0 radical (unpaired) electrons. The molecule has 0 aliphatic heterocycles. The molecule has 0 fully saturated rings. The largest absolute Gasteiger partial charge is 0.481 e. The lowest BCUT2D eigenvalue weighted by molar-refractivity contribution is -0.138. The van der Waals surface area contributed by atoms with Crippen LogP contribution < -0.4 is 5.32 Å². The number of rotatable bonds is 9. The van der Waals surface area contributed by atoms with Gasteiger partial charge >= 0.3 is 12.1 Å². The highest BCUT2D eigenvalue weighted by Crippen LogP contribution is 1.84. The van der Waals surface area contributed by atoms with Gasteiger partial charge in [0, 0.05) is 18.0 Å². The number of nitrogens with one attached hydrogen (secondary N) is 1. The second-order valence-electron chi connectivity index (χ2n) is 2.77. The molecular weight excluding hydrogens is 232 g/mol. The number of carboxylic acids is 1. The molecule has 0 rings (SSSR count). The summed E-state index contributed by atoms with van der Waals surface area (Å²) in [7, 11) is 0. The number of carbonyl (C=O) groups excluding carboxylic acids is 1. The molecule has 0 aromatic carbocycles. The standard InChI is InChI=1S/C8H14N4O5/c9-12-11-3-2-10-8(15)17-6-5-16-4-1-7(13)14/h1-6H2,(H,10,15)(H,13,14). The third-order valence-electron chi connectivity index (χ3n) is 1.47. The van der Waals surface area contributed by atoms with E-state index in [2.05, 4.69) is 20.1 Å². The van der Waals surface area contributed by atoms with Crippen LogP contribution in [0, 0.1) is 0 Å². The maximum absolute atomic E-state index is 10.9. The van der Waals surface area contributed by atoms with Crippen LogP contribution >= 0.6 is 0 Å². The smallest absolute Gasteiger partial charge is 0.407 e. The molecular formula is C8H14N4O5. The lowest BCUT2D eigenvalue weighted by atomic mass is 10.5. The maximum atomic E-state index is 10.9. The molecule has 0 unspecified atom stereocenters. The van der Waals surface area contributed by atoms with E-state index < -0.39 is 12.1 Å². The SMILES string of the molecule is [N-]=[N+]=NCCNC(=O)OCCOCCC(=O)O. The second-order valence-corrected chi connectivity index (χ2v) is 2.77. The summed E-state index contributed by atoms with van der Waals surface area (Å²) in [5.74, 6) is -0.943. The summed E-state index contributed by atoms with van der Waals surface area (Å²) in [5.41, 5.74) is 7.95. The van der Waals surface area contributed by atoms with Crippen molar-refractivity contribution in [2.75, 3.05) is 32.9 Å². The van der Waals surface area contributed by atoms with E-state index in [1.807, 2.05) is 0 Å². The average molecular weight is 246 g/mol. The predicted octanol–water partition coefficient (Wildman–Crippen LogP) is 0.514. The molecule has 0 heterocycles. The van der Waals surface area contributed by atoms with Crippen molar-refractivity contribution < 1.29 is 24.2 Å². The van der Waals surface area contributed by atoms with Gasteiger partial charge in [-0.25, -0.2) is 4.79 Å². The fourth-order valence-corrected chi connectivity index (χ4v) is 0.759. The van der Waals surface area contributed by atoms with E-state index in [-0.39, 0.29) is 39.3 Å². The number of carbonyl (C=O) groups is 2. The van der Waals surface area contributed by atoms with Crippen LogP contribution in [0.3, 0.4) is 0 Å². The van der Waals surface area contributed by atoms with E-state index in [9.17, 15) is 9.59 Å². The Balaban J connectivity index is 3.27. The van der Waals surface area contributed by atoms with Gasteiger partial charge < -0.3 is 19.9 Å². The zero-order chi connectivity index (χ0) is 12.9. The van der Waals surface area contributed by atoms with Gasteiger partial charge in [0.15, 0.2) is 0 Å². The van der Waals surface area contributed by atoms with Crippen LogP contribution in [0.5, 0.6) is 0 Å². The van der Waals surface area contributed by atoms with Crippen LogP contribution in [0.25, 0.3) is 10.4 Å². The topological polar surface area (TPSA) is 134 Å². The van der Waals surface area contributed by atoms with Gasteiger partial charge in [-0.2, -0.15) is 0 Å². The van der Waals surface area contributed by atoms with Gasteiger partial charge in [-0.15, -0.1) is 0 Å². The minimum Gasteiger partial charge on any atom is -0.481 e. The first-order chi connectivity index (χ1) is 8.16. The van der Waals surface area contributed by atoms with Crippen molar-refractivity contribution in [3.05, 3.63) is 10.4 Å². The Morgan fingerprint density at radius 2 is 2.12 bits per heavy atom. The molecule has 0 aliphatic carbocycles. The Kier molecular flexibility index (Phi) is 9.29. The number of carboxylic acid groups (broad SMARTS) is 1. The third kappa shape index (κ3) is 11.9. The Bertz CT molecular complexity index is 290. The predicted molar refractivity (Wildman–Crippen MR) is 56.4 cm³/mol. The third-order valence-corrected chi connectivity index (χ3v) is 1.47. The highest BCUT2D eigenvalue weighted by atomic mass is 16.6. The molecule has 0 aromatic rings. The first-order valence-electron chi connectivity index (χ1n) is 4.88. The van der Waals surface area contributed by atoms with Crippen molar-refractivity contribution >= 4 is 12.1 Å². The van der Waals surface area contributed by atoms with Crippen molar-refractivity contribution in [1.29, 1.82) is 0 Å². The Morgan fingerprint density at radius 1 is 1.35 bits per heavy atom. The van der Waals surface area contributed by atoms with Gasteiger partial charge in [0.2, 0.25) is 0 Å². The molecule has 0 spiro atoms. The maximum Gasteiger partial charge on any atom is 0.407 e. The van der Waals surface area contributed by atoms with Crippen LogP contribution in [0.1, 0.15) is 6.42 Å². The average Bonchev–Trinajstić information content (AvgIpc) is 2.29. The monoisotopic (exact) mass is 246 g/mol. The number of ether oxygens (including phenoxy) is 2. The van der Waals surface area contributed by atoms with E-state index in [0.29, 0.717) is 0 Å². The summed E-state index contributed by atoms with van der Waals surface area (Å²) in [6, 6.07) is 0. The molecule has 2 N–H and O–H groups in total. The van der Waals surface area contributed by atoms with E-state index in [0.717, 1.165) is 0 Å². The molecule has 0 aliphatic rings. The fourth-order valence-electron chi connectivity index (χ4n) is 0.759. The van der Waals surface area contributed by atoms with Crippen LogP contribution in [0.4, 0.5) is 4.79 Å². The van der Waals surface area contributed by atoms with Gasteiger partial charge in [0.25, 0.3) is 0 Å². The van der Waals surface area contributed by atoms with E-state index in [1.165, 1.54) is 0 Å². The highest BCUT2D eigenvalue weighted by molar-refractivity contribution is 5.67. The summed E-state index contributed by atoms with van der Waals surface area (Å²) in [6.07, 6.45) is -0.724. The molecule has 0 aromatic heterocycles. The molecule has 0 saturated carbocycles. The van der Waals surface area contributed by atoms with Crippen LogP contribution in [0.2, 0.25) is 0 Å². The van der Waals surface area contributed by atoms with Crippen LogP contribution in [-0.4, -0.2) is 50.1 Å². The van der Waals surface area contributed by atoms with Crippen molar-refractivity contribution in [3.8, 4) is 0 Å². The Hall–Kier alpha value is -1.99. The molecule has 0 atom stereocenters. The number of amides is 1. The summed E-state index contributed by atoms with van der Waals surface area (Å²) in [6.45, 7) is 0.602. The number of alkyl carbamates (subject to hydrolysis) is 1. The van der Waals surface area contributed by atoms with Gasteiger partial charge in [-0.3, -0.25) is 4.79 Å². The van der Waals surface area contributed by atoms with Gasteiger partial charge in [0.05, 0.1) is 19.6 Å². The minimum absolute atomic E-state index is 0.0347. The normalized spacial score (nSPS) is 9.18. The minimum atomic E-state index is -0.943. The summed E-state index contributed by atoms with van der Waals surface area (Å²) in [4.78, 5) is 23.5. The summed E-state index contributed by atoms with van der Waals surface area (Å²) < 4.78 is 9.56. The highest BCUT2D eigenvalue weighted by Gasteiger charge is 2.00. The Labute approximate surface area is 97.3 Å².